The second-order valence-electron chi connectivity index (χ2n) is 6.01. The van der Waals surface area contributed by atoms with Crippen molar-refractivity contribution in [2.45, 2.75) is 39.9 Å². The van der Waals surface area contributed by atoms with Crippen LogP contribution in [-0.4, -0.2) is 40.2 Å². The second kappa shape index (κ2) is 7.92. The predicted octanol–water partition coefficient (Wildman–Crippen LogP) is 2.14. The zero-order valence-corrected chi connectivity index (χ0v) is 14.4. The van der Waals surface area contributed by atoms with Crippen molar-refractivity contribution in [1.82, 2.24) is 20.0 Å². The first-order valence-corrected chi connectivity index (χ1v) is 8.00. The largest absolute Gasteiger partial charge is 0.351 e. The molecule has 0 bridgehead atoms. The van der Waals surface area contributed by atoms with E-state index in [9.17, 15) is 4.79 Å². The van der Waals surface area contributed by atoms with Crippen LogP contribution in [0.1, 0.15) is 23.9 Å². The molecule has 1 N–H and O–H groups in total. The van der Waals surface area contributed by atoms with Gasteiger partial charge < -0.3 is 5.32 Å². The Hall–Kier alpha value is -2.14. The fourth-order valence-electron chi connectivity index (χ4n) is 2.48. The minimum absolute atomic E-state index is 0.0460. The van der Waals surface area contributed by atoms with Crippen molar-refractivity contribution >= 4 is 5.91 Å². The highest BCUT2D eigenvalue weighted by molar-refractivity contribution is 5.81. The van der Waals surface area contributed by atoms with Crippen LogP contribution in [0.25, 0.3) is 0 Å². The number of amides is 1. The SMILES string of the molecule is Cc1cc(C)n(CCN(C)[C@@H](C)C(=O)NCc2ccccc2)n1. The first-order chi connectivity index (χ1) is 11.0. The van der Waals surface area contributed by atoms with E-state index in [1.54, 1.807) is 0 Å². The highest BCUT2D eigenvalue weighted by atomic mass is 16.2. The molecule has 0 fully saturated rings. The minimum Gasteiger partial charge on any atom is -0.351 e. The standard InChI is InChI=1S/C18H26N4O/c1-14-12-15(2)22(20-14)11-10-21(4)16(3)18(23)19-13-17-8-6-5-7-9-17/h5-9,12,16H,10-11,13H2,1-4H3,(H,19,23)/t16-/m0/s1. The molecule has 0 saturated carbocycles. The molecule has 0 aliphatic carbocycles. The number of hydrogen-bond donors (Lipinski definition) is 1. The molecule has 2 aromatic rings. The Morgan fingerprint density at radius 3 is 2.61 bits per heavy atom. The molecule has 0 spiro atoms. The number of rotatable bonds is 7. The summed E-state index contributed by atoms with van der Waals surface area (Å²) in [4.78, 5) is 14.3. The monoisotopic (exact) mass is 314 g/mol. The van der Waals surface area contributed by atoms with Crippen LogP contribution in [0.3, 0.4) is 0 Å². The molecule has 0 aliphatic rings. The molecule has 1 aromatic heterocycles. The lowest BCUT2D eigenvalue weighted by molar-refractivity contribution is -0.125. The molecule has 1 heterocycles. The lowest BCUT2D eigenvalue weighted by atomic mass is 10.2. The van der Waals surface area contributed by atoms with Crippen LogP contribution >= 0.6 is 0 Å². The Morgan fingerprint density at radius 2 is 2.00 bits per heavy atom. The molecule has 0 aliphatic heterocycles. The summed E-state index contributed by atoms with van der Waals surface area (Å²) >= 11 is 0. The molecule has 1 aromatic carbocycles. The van der Waals surface area contributed by atoms with E-state index in [-0.39, 0.29) is 11.9 Å². The maximum Gasteiger partial charge on any atom is 0.237 e. The lowest BCUT2D eigenvalue weighted by Gasteiger charge is -2.24. The Balaban J connectivity index is 1.80. The van der Waals surface area contributed by atoms with Crippen molar-refractivity contribution in [3.8, 4) is 0 Å². The van der Waals surface area contributed by atoms with Gasteiger partial charge in [0.15, 0.2) is 0 Å². The van der Waals surface area contributed by atoms with Crippen molar-refractivity contribution in [1.29, 1.82) is 0 Å². The average molecular weight is 314 g/mol. The van der Waals surface area contributed by atoms with Crippen LogP contribution in [-0.2, 0) is 17.9 Å². The maximum absolute atomic E-state index is 12.3. The molecular weight excluding hydrogens is 288 g/mol. The van der Waals surface area contributed by atoms with Gasteiger partial charge in [-0.3, -0.25) is 14.4 Å². The van der Waals surface area contributed by atoms with Gasteiger partial charge in [0.05, 0.1) is 18.3 Å². The Kier molecular flexibility index (Phi) is 5.93. The summed E-state index contributed by atoms with van der Waals surface area (Å²) in [5.41, 5.74) is 3.29. The van der Waals surface area contributed by atoms with E-state index in [1.165, 1.54) is 0 Å². The van der Waals surface area contributed by atoms with E-state index in [0.29, 0.717) is 6.54 Å². The number of nitrogens with one attached hydrogen (secondary N) is 1. The van der Waals surface area contributed by atoms with E-state index >= 15 is 0 Å². The second-order valence-corrected chi connectivity index (χ2v) is 6.01. The van der Waals surface area contributed by atoms with Gasteiger partial charge >= 0.3 is 0 Å². The number of carbonyl (C=O) groups excluding carboxylic acids is 1. The average Bonchev–Trinajstić information content (AvgIpc) is 2.88. The molecule has 1 amide bonds. The molecule has 0 radical (unpaired) electrons. The molecule has 1 atom stereocenters. The molecule has 5 heteroatoms. The van der Waals surface area contributed by atoms with Gasteiger partial charge in [0.1, 0.15) is 0 Å². The molecule has 0 saturated heterocycles. The van der Waals surface area contributed by atoms with Crippen molar-refractivity contribution in [3.05, 3.63) is 53.3 Å². The maximum atomic E-state index is 12.3. The van der Waals surface area contributed by atoms with Crippen molar-refractivity contribution in [2.24, 2.45) is 0 Å². The van der Waals surface area contributed by atoms with Crippen LogP contribution in [0.15, 0.2) is 36.4 Å². The summed E-state index contributed by atoms with van der Waals surface area (Å²) < 4.78 is 1.99. The molecule has 0 unspecified atom stereocenters. The van der Waals surface area contributed by atoms with Crippen LogP contribution in [0.2, 0.25) is 0 Å². The molecule has 5 nitrogen and oxygen atoms in total. The van der Waals surface area contributed by atoms with Gasteiger partial charge in [0.25, 0.3) is 0 Å². The van der Waals surface area contributed by atoms with Gasteiger partial charge in [-0.15, -0.1) is 0 Å². The van der Waals surface area contributed by atoms with Gasteiger partial charge in [0.2, 0.25) is 5.91 Å². The Bertz CT molecular complexity index is 636. The third-order valence-electron chi connectivity index (χ3n) is 4.12. The number of aromatic nitrogens is 2. The summed E-state index contributed by atoms with van der Waals surface area (Å²) in [6.45, 7) is 8.11. The Labute approximate surface area is 138 Å². The molecule has 124 valence electrons. The van der Waals surface area contributed by atoms with Gasteiger partial charge in [-0.05, 0) is 39.4 Å². The van der Waals surface area contributed by atoms with Gasteiger partial charge in [-0.2, -0.15) is 5.10 Å². The topological polar surface area (TPSA) is 50.2 Å². The number of nitrogens with zero attached hydrogens (tertiary/aromatic N) is 3. The van der Waals surface area contributed by atoms with Gasteiger partial charge in [-0.1, -0.05) is 30.3 Å². The van der Waals surface area contributed by atoms with Gasteiger partial charge in [0, 0.05) is 18.8 Å². The Morgan fingerprint density at radius 1 is 1.30 bits per heavy atom. The fourth-order valence-corrected chi connectivity index (χ4v) is 2.48. The number of hydrogen-bond acceptors (Lipinski definition) is 3. The van der Waals surface area contributed by atoms with E-state index in [0.717, 1.165) is 30.0 Å². The third-order valence-corrected chi connectivity index (χ3v) is 4.12. The number of aryl methyl sites for hydroxylation is 2. The fraction of sp³-hybridized carbons (Fsp3) is 0.444. The van der Waals surface area contributed by atoms with E-state index in [1.807, 2.05) is 55.9 Å². The number of carbonyl (C=O) groups is 1. The summed E-state index contributed by atoms with van der Waals surface area (Å²) in [5, 5.41) is 7.44. The normalized spacial score (nSPS) is 12.4. The molecule has 23 heavy (non-hydrogen) atoms. The zero-order valence-electron chi connectivity index (χ0n) is 14.4. The molecule has 2 rings (SSSR count). The predicted molar refractivity (Wildman–Crippen MR) is 92.1 cm³/mol. The zero-order chi connectivity index (χ0) is 16.8. The summed E-state index contributed by atoms with van der Waals surface area (Å²) in [5.74, 6) is 0.0460. The number of benzene rings is 1. The van der Waals surface area contributed by atoms with Crippen molar-refractivity contribution < 1.29 is 4.79 Å². The smallest absolute Gasteiger partial charge is 0.237 e. The highest BCUT2D eigenvalue weighted by Gasteiger charge is 2.17. The van der Waals surface area contributed by atoms with Crippen molar-refractivity contribution in [2.75, 3.05) is 13.6 Å². The summed E-state index contributed by atoms with van der Waals surface area (Å²) in [7, 11) is 1.97. The lowest BCUT2D eigenvalue weighted by Crippen LogP contribution is -2.44. The van der Waals surface area contributed by atoms with Crippen LogP contribution in [0.5, 0.6) is 0 Å². The quantitative estimate of drug-likeness (QED) is 0.852. The van der Waals surface area contributed by atoms with Crippen LogP contribution in [0.4, 0.5) is 0 Å². The summed E-state index contributed by atoms with van der Waals surface area (Å²) in [6, 6.07) is 11.8. The number of likely N-dealkylation sites (N-methyl/N-ethyl adjacent to an activating group) is 1. The molecular formula is C18H26N4O. The minimum atomic E-state index is -0.171. The van der Waals surface area contributed by atoms with Crippen LogP contribution < -0.4 is 5.32 Å². The van der Waals surface area contributed by atoms with E-state index < -0.39 is 0 Å². The first-order valence-electron chi connectivity index (χ1n) is 8.00. The van der Waals surface area contributed by atoms with Crippen molar-refractivity contribution in [3.63, 3.8) is 0 Å². The van der Waals surface area contributed by atoms with E-state index in [2.05, 4.69) is 28.3 Å². The van der Waals surface area contributed by atoms with Crippen LogP contribution in [0, 0.1) is 13.8 Å². The van der Waals surface area contributed by atoms with E-state index in [4.69, 9.17) is 0 Å². The first kappa shape index (κ1) is 17.2. The summed E-state index contributed by atoms with van der Waals surface area (Å²) in [6.07, 6.45) is 0. The van der Waals surface area contributed by atoms with Gasteiger partial charge in [-0.25, -0.2) is 0 Å². The third kappa shape index (κ3) is 4.93. The highest BCUT2D eigenvalue weighted by Crippen LogP contribution is 2.04.